The lowest BCUT2D eigenvalue weighted by atomic mass is 10.1. The van der Waals surface area contributed by atoms with Crippen molar-refractivity contribution in [3.63, 3.8) is 0 Å². The fraction of sp³-hybridized carbons (Fsp3) is 0.308. The van der Waals surface area contributed by atoms with Gasteiger partial charge >= 0.3 is 0 Å². The van der Waals surface area contributed by atoms with Crippen LogP contribution < -0.4 is 11.1 Å². The molecular formula is C13H16N4O3S2. The summed E-state index contributed by atoms with van der Waals surface area (Å²) >= 11 is 0.891. The monoisotopic (exact) mass is 340 g/mol. The summed E-state index contributed by atoms with van der Waals surface area (Å²) in [4.78, 5) is 11.7. The highest BCUT2D eigenvalue weighted by Crippen LogP contribution is 2.31. The number of aromatic nitrogens is 2. The van der Waals surface area contributed by atoms with E-state index >= 15 is 0 Å². The Morgan fingerprint density at radius 1 is 1.32 bits per heavy atom. The van der Waals surface area contributed by atoms with Gasteiger partial charge in [0.05, 0.1) is 0 Å². The van der Waals surface area contributed by atoms with E-state index in [1.807, 2.05) is 6.92 Å². The number of rotatable bonds is 7. The van der Waals surface area contributed by atoms with Crippen LogP contribution in [0.4, 0.5) is 5.13 Å². The first-order valence-corrected chi connectivity index (χ1v) is 8.98. The number of benzene rings is 1. The molecule has 0 saturated carbocycles. The van der Waals surface area contributed by atoms with Crippen molar-refractivity contribution in [1.82, 2.24) is 10.2 Å². The molecule has 0 unspecified atom stereocenters. The second kappa shape index (κ2) is 6.84. The summed E-state index contributed by atoms with van der Waals surface area (Å²) in [6, 6.07) is 8.12. The third kappa shape index (κ3) is 3.42. The highest BCUT2D eigenvalue weighted by molar-refractivity contribution is 7.94. The molecule has 0 fully saturated rings. The summed E-state index contributed by atoms with van der Waals surface area (Å²) in [7, 11) is -4.03. The number of nitrogens with zero attached hydrogens (tertiary/aromatic N) is 2. The second-order valence-corrected chi connectivity index (χ2v) is 7.72. The van der Waals surface area contributed by atoms with E-state index < -0.39 is 21.0 Å². The largest absolute Gasteiger partial charge is 0.368 e. The van der Waals surface area contributed by atoms with Gasteiger partial charge < -0.3 is 11.1 Å². The van der Waals surface area contributed by atoms with Gasteiger partial charge in [0.1, 0.15) is 0 Å². The summed E-state index contributed by atoms with van der Waals surface area (Å²) in [5.41, 5.74) is 5.62. The number of carbonyl (C=O) groups is 1. The zero-order valence-electron chi connectivity index (χ0n) is 11.9. The third-order valence-electron chi connectivity index (χ3n) is 2.85. The molecular weight excluding hydrogens is 324 g/mol. The Morgan fingerprint density at radius 3 is 2.59 bits per heavy atom. The summed E-state index contributed by atoms with van der Waals surface area (Å²) in [5, 5.41) is 9.35. The standard InChI is InChI=1S/C13H16N4O3S2/c1-2-8-15-12-16-17-13(21-12)22(19,20)10(11(14)18)9-6-4-3-5-7-9/h3-7,10H,2,8H2,1H3,(H2,14,18)(H,15,16)/t10-/m0/s1. The Hall–Kier alpha value is -2.00. The van der Waals surface area contributed by atoms with E-state index in [-0.39, 0.29) is 4.34 Å². The van der Waals surface area contributed by atoms with Crippen LogP contribution in [0, 0.1) is 0 Å². The second-order valence-electron chi connectivity index (χ2n) is 4.54. The van der Waals surface area contributed by atoms with Crippen LogP contribution in [0.1, 0.15) is 24.2 Å². The number of amides is 1. The topological polar surface area (TPSA) is 115 Å². The fourth-order valence-electron chi connectivity index (χ4n) is 1.85. The van der Waals surface area contributed by atoms with Crippen molar-refractivity contribution < 1.29 is 13.2 Å². The van der Waals surface area contributed by atoms with Crippen molar-refractivity contribution in [2.24, 2.45) is 5.73 Å². The lowest BCUT2D eigenvalue weighted by Crippen LogP contribution is -2.28. The zero-order chi connectivity index (χ0) is 16.2. The molecule has 1 amide bonds. The van der Waals surface area contributed by atoms with Crippen molar-refractivity contribution in [2.75, 3.05) is 11.9 Å². The van der Waals surface area contributed by atoms with Gasteiger partial charge in [-0.05, 0) is 12.0 Å². The van der Waals surface area contributed by atoms with Crippen molar-refractivity contribution in [3.05, 3.63) is 35.9 Å². The Bertz CT molecular complexity index is 744. The molecule has 0 saturated heterocycles. The Labute approximate surface area is 132 Å². The molecule has 118 valence electrons. The van der Waals surface area contributed by atoms with Gasteiger partial charge in [0.15, 0.2) is 5.25 Å². The fourth-order valence-corrected chi connectivity index (χ4v) is 4.52. The first kappa shape index (κ1) is 16.4. The summed E-state index contributed by atoms with van der Waals surface area (Å²) in [5.74, 6) is -0.940. The van der Waals surface area contributed by atoms with Gasteiger partial charge in [0, 0.05) is 6.54 Å². The van der Waals surface area contributed by atoms with Crippen LogP contribution in [0.25, 0.3) is 0 Å². The van der Waals surface area contributed by atoms with Gasteiger partial charge in [-0.3, -0.25) is 4.79 Å². The number of anilines is 1. The molecule has 9 heteroatoms. The lowest BCUT2D eigenvalue weighted by molar-refractivity contribution is -0.117. The minimum absolute atomic E-state index is 0.223. The average molecular weight is 340 g/mol. The predicted octanol–water partition coefficient (Wildman–Crippen LogP) is 1.36. The van der Waals surface area contributed by atoms with Gasteiger partial charge in [-0.25, -0.2) is 8.42 Å². The van der Waals surface area contributed by atoms with Crippen LogP contribution >= 0.6 is 11.3 Å². The van der Waals surface area contributed by atoms with E-state index in [1.165, 1.54) is 0 Å². The third-order valence-corrected chi connectivity index (χ3v) is 6.16. The highest BCUT2D eigenvalue weighted by Gasteiger charge is 2.36. The van der Waals surface area contributed by atoms with E-state index in [4.69, 9.17) is 5.73 Å². The number of carbonyl (C=O) groups excluding carboxylic acids is 1. The van der Waals surface area contributed by atoms with E-state index in [1.54, 1.807) is 30.3 Å². The molecule has 1 aromatic heterocycles. The van der Waals surface area contributed by atoms with Crippen LogP contribution in [0.5, 0.6) is 0 Å². The van der Waals surface area contributed by atoms with Crippen molar-refractivity contribution in [1.29, 1.82) is 0 Å². The molecule has 1 aromatic carbocycles. The van der Waals surface area contributed by atoms with Gasteiger partial charge in [0.25, 0.3) is 0 Å². The van der Waals surface area contributed by atoms with Crippen molar-refractivity contribution in [3.8, 4) is 0 Å². The molecule has 7 nitrogen and oxygen atoms in total. The molecule has 1 atom stereocenters. The normalized spacial score (nSPS) is 12.8. The van der Waals surface area contributed by atoms with E-state index in [9.17, 15) is 13.2 Å². The van der Waals surface area contributed by atoms with Crippen LogP contribution in [0.15, 0.2) is 34.7 Å². The van der Waals surface area contributed by atoms with Crippen LogP contribution in [-0.2, 0) is 14.6 Å². The van der Waals surface area contributed by atoms with Gasteiger partial charge in [0.2, 0.25) is 25.2 Å². The average Bonchev–Trinajstić information content (AvgIpc) is 2.95. The maximum atomic E-state index is 12.6. The molecule has 0 radical (unpaired) electrons. The van der Waals surface area contributed by atoms with Gasteiger partial charge in [-0.1, -0.05) is 48.6 Å². The maximum absolute atomic E-state index is 12.6. The molecule has 0 aliphatic heterocycles. The SMILES string of the molecule is CCCNc1nnc(S(=O)(=O)[C@H](C(N)=O)c2ccccc2)s1. The molecule has 22 heavy (non-hydrogen) atoms. The zero-order valence-corrected chi connectivity index (χ0v) is 13.5. The number of nitrogens with two attached hydrogens (primary N) is 1. The summed E-state index contributed by atoms with van der Waals surface area (Å²) in [6.45, 7) is 2.64. The first-order valence-electron chi connectivity index (χ1n) is 6.62. The predicted molar refractivity (Wildman–Crippen MR) is 84.3 cm³/mol. The molecule has 0 aliphatic carbocycles. The summed E-state index contributed by atoms with van der Waals surface area (Å²) in [6.07, 6.45) is 0.871. The molecule has 1 heterocycles. The van der Waals surface area contributed by atoms with Crippen molar-refractivity contribution >= 4 is 32.2 Å². The Balaban J connectivity index is 2.38. The van der Waals surface area contributed by atoms with Crippen LogP contribution in [-0.4, -0.2) is 31.1 Å². The molecule has 0 bridgehead atoms. The van der Waals surface area contributed by atoms with Crippen LogP contribution in [0.2, 0.25) is 0 Å². The number of nitrogens with one attached hydrogen (secondary N) is 1. The lowest BCUT2D eigenvalue weighted by Gasteiger charge is -2.12. The quantitative estimate of drug-likeness (QED) is 0.786. The minimum Gasteiger partial charge on any atom is -0.368 e. The number of hydrogen-bond donors (Lipinski definition) is 2. The summed E-state index contributed by atoms with van der Waals surface area (Å²) < 4.78 is 25.1. The number of primary amides is 1. The maximum Gasteiger partial charge on any atom is 0.240 e. The minimum atomic E-state index is -4.03. The van der Waals surface area contributed by atoms with E-state index in [0.717, 1.165) is 17.8 Å². The van der Waals surface area contributed by atoms with Gasteiger partial charge in [-0.2, -0.15) is 0 Å². The number of sulfone groups is 1. The molecule has 2 rings (SSSR count). The van der Waals surface area contributed by atoms with E-state index in [0.29, 0.717) is 17.2 Å². The van der Waals surface area contributed by atoms with Crippen molar-refractivity contribution in [2.45, 2.75) is 22.9 Å². The number of hydrogen-bond acceptors (Lipinski definition) is 7. The van der Waals surface area contributed by atoms with E-state index in [2.05, 4.69) is 15.5 Å². The Kier molecular flexibility index (Phi) is 5.09. The molecule has 0 spiro atoms. The van der Waals surface area contributed by atoms with Crippen LogP contribution in [0.3, 0.4) is 0 Å². The molecule has 0 aliphatic rings. The smallest absolute Gasteiger partial charge is 0.240 e. The first-order chi connectivity index (χ1) is 10.5. The highest BCUT2D eigenvalue weighted by atomic mass is 32.2. The van der Waals surface area contributed by atoms with Gasteiger partial charge in [-0.15, -0.1) is 10.2 Å². The Morgan fingerprint density at radius 2 is 2.00 bits per heavy atom. The molecule has 3 N–H and O–H groups in total. The molecule has 2 aromatic rings.